The minimum Gasteiger partial charge on any atom is -0.494 e. The van der Waals surface area contributed by atoms with Crippen LogP contribution in [0.3, 0.4) is 0 Å². The summed E-state index contributed by atoms with van der Waals surface area (Å²) in [5, 5.41) is 2.57. The first kappa shape index (κ1) is 14.5. The minimum atomic E-state index is -1.83. The Labute approximate surface area is 107 Å². The highest BCUT2D eigenvalue weighted by Crippen LogP contribution is 2.18. The summed E-state index contributed by atoms with van der Waals surface area (Å²) in [5.74, 6) is 0.227. The lowest BCUT2D eigenvalue weighted by Crippen LogP contribution is -2.39. The van der Waals surface area contributed by atoms with Crippen LogP contribution in [-0.2, 0) is 11.2 Å². The second-order valence-electron chi connectivity index (χ2n) is 4.52. The van der Waals surface area contributed by atoms with Crippen LogP contribution < -0.4 is 10.1 Å². The molecule has 0 heterocycles. The number of halogens is 1. The van der Waals surface area contributed by atoms with E-state index < -0.39 is 11.6 Å². The van der Waals surface area contributed by atoms with Crippen LogP contribution in [0.25, 0.3) is 0 Å². The highest BCUT2D eigenvalue weighted by molar-refractivity contribution is 5.84. The molecule has 0 aliphatic carbocycles. The van der Waals surface area contributed by atoms with Crippen LogP contribution in [-0.4, -0.2) is 24.7 Å². The second kappa shape index (κ2) is 6.38. The van der Waals surface area contributed by atoms with Crippen molar-refractivity contribution in [2.45, 2.75) is 32.9 Å². The van der Waals surface area contributed by atoms with E-state index in [1.165, 1.54) is 13.8 Å². The van der Waals surface area contributed by atoms with E-state index in [1.54, 1.807) is 0 Å². The van der Waals surface area contributed by atoms with Gasteiger partial charge in [-0.1, -0.05) is 18.2 Å². The molecule has 0 radical (unpaired) electrons. The van der Waals surface area contributed by atoms with E-state index >= 15 is 0 Å². The van der Waals surface area contributed by atoms with E-state index in [-0.39, 0.29) is 0 Å². The fourth-order valence-electron chi connectivity index (χ4n) is 1.53. The Morgan fingerprint density at radius 2 is 2.06 bits per heavy atom. The summed E-state index contributed by atoms with van der Waals surface area (Å²) in [6, 6.07) is 7.65. The molecular weight excluding hydrogens is 233 g/mol. The molecule has 0 aliphatic heterocycles. The molecule has 1 rings (SSSR count). The van der Waals surface area contributed by atoms with Gasteiger partial charge in [-0.2, -0.15) is 0 Å². The number of hydrogen-bond donors (Lipinski definition) is 1. The monoisotopic (exact) mass is 253 g/mol. The van der Waals surface area contributed by atoms with E-state index in [0.717, 1.165) is 11.3 Å². The molecule has 0 aliphatic rings. The van der Waals surface area contributed by atoms with E-state index in [0.29, 0.717) is 19.6 Å². The number of alkyl halides is 1. The number of ether oxygens (including phenoxy) is 1. The predicted molar refractivity (Wildman–Crippen MR) is 69.5 cm³/mol. The third-order valence-corrected chi connectivity index (χ3v) is 2.49. The topological polar surface area (TPSA) is 38.3 Å². The van der Waals surface area contributed by atoms with Gasteiger partial charge in [0.25, 0.3) is 5.91 Å². The largest absolute Gasteiger partial charge is 0.494 e. The summed E-state index contributed by atoms with van der Waals surface area (Å²) in [6.45, 7) is 5.41. The molecule has 0 saturated carbocycles. The summed E-state index contributed by atoms with van der Waals surface area (Å²) >= 11 is 0. The SMILES string of the molecule is CCOc1ccccc1CCNC(=O)C(C)(C)F. The molecule has 0 atom stereocenters. The van der Waals surface area contributed by atoms with Gasteiger partial charge in [-0.3, -0.25) is 4.79 Å². The van der Waals surface area contributed by atoms with Gasteiger partial charge in [-0.15, -0.1) is 0 Å². The van der Waals surface area contributed by atoms with Gasteiger partial charge in [0, 0.05) is 6.54 Å². The van der Waals surface area contributed by atoms with Gasteiger partial charge in [0.1, 0.15) is 5.75 Å². The molecule has 1 aromatic rings. The van der Waals surface area contributed by atoms with Crippen LogP contribution in [0.2, 0.25) is 0 Å². The van der Waals surface area contributed by atoms with Crippen molar-refractivity contribution in [3.63, 3.8) is 0 Å². The number of benzene rings is 1. The van der Waals surface area contributed by atoms with Gasteiger partial charge in [-0.05, 0) is 38.8 Å². The first-order valence-corrected chi connectivity index (χ1v) is 6.13. The predicted octanol–water partition coefficient (Wildman–Crippen LogP) is 2.49. The van der Waals surface area contributed by atoms with Crippen molar-refractivity contribution in [2.75, 3.05) is 13.2 Å². The van der Waals surface area contributed by atoms with Crippen LogP contribution in [0, 0.1) is 0 Å². The van der Waals surface area contributed by atoms with E-state index in [2.05, 4.69) is 5.32 Å². The molecule has 1 amide bonds. The third kappa shape index (κ3) is 4.35. The van der Waals surface area contributed by atoms with Gasteiger partial charge < -0.3 is 10.1 Å². The first-order valence-electron chi connectivity index (χ1n) is 6.13. The number of rotatable bonds is 6. The molecule has 0 spiro atoms. The Hall–Kier alpha value is -1.58. The summed E-state index contributed by atoms with van der Waals surface area (Å²) in [6.07, 6.45) is 0.623. The summed E-state index contributed by atoms with van der Waals surface area (Å²) in [7, 11) is 0. The number of carbonyl (C=O) groups excluding carboxylic acids is 1. The van der Waals surface area contributed by atoms with Crippen molar-refractivity contribution in [2.24, 2.45) is 0 Å². The van der Waals surface area contributed by atoms with Gasteiger partial charge in [0.15, 0.2) is 5.67 Å². The third-order valence-electron chi connectivity index (χ3n) is 2.49. The van der Waals surface area contributed by atoms with Gasteiger partial charge in [0.2, 0.25) is 0 Å². The lowest BCUT2D eigenvalue weighted by Gasteiger charge is -2.15. The van der Waals surface area contributed by atoms with Crippen LogP contribution >= 0.6 is 0 Å². The Bertz CT molecular complexity index is 399. The standard InChI is InChI=1S/C14H20FNO2/c1-4-18-12-8-6-5-7-11(12)9-10-16-13(17)14(2,3)15/h5-8H,4,9-10H2,1-3H3,(H,16,17). The van der Waals surface area contributed by atoms with Crippen molar-refractivity contribution in [1.82, 2.24) is 5.32 Å². The number of amides is 1. The highest BCUT2D eigenvalue weighted by Gasteiger charge is 2.25. The van der Waals surface area contributed by atoms with Crippen molar-refractivity contribution in [1.29, 1.82) is 0 Å². The zero-order valence-corrected chi connectivity index (χ0v) is 11.1. The quantitative estimate of drug-likeness (QED) is 0.846. The van der Waals surface area contributed by atoms with E-state index in [1.807, 2.05) is 31.2 Å². The average Bonchev–Trinajstić information content (AvgIpc) is 2.30. The lowest BCUT2D eigenvalue weighted by molar-refractivity contribution is -0.130. The van der Waals surface area contributed by atoms with Crippen LogP contribution in [0.4, 0.5) is 4.39 Å². The zero-order chi connectivity index (χ0) is 13.6. The Balaban J connectivity index is 2.51. The van der Waals surface area contributed by atoms with Crippen LogP contribution in [0.15, 0.2) is 24.3 Å². The Morgan fingerprint density at radius 1 is 1.39 bits per heavy atom. The smallest absolute Gasteiger partial charge is 0.257 e. The van der Waals surface area contributed by atoms with Crippen LogP contribution in [0.1, 0.15) is 26.3 Å². The number of carbonyl (C=O) groups is 1. The van der Waals surface area contributed by atoms with Crippen molar-refractivity contribution >= 4 is 5.91 Å². The fraction of sp³-hybridized carbons (Fsp3) is 0.500. The van der Waals surface area contributed by atoms with E-state index in [4.69, 9.17) is 4.74 Å². The number of nitrogens with one attached hydrogen (secondary N) is 1. The molecule has 100 valence electrons. The molecule has 0 fully saturated rings. The fourth-order valence-corrected chi connectivity index (χ4v) is 1.53. The summed E-state index contributed by atoms with van der Waals surface area (Å²) < 4.78 is 18.7. The molecule has 0 saturated heterocycles. The highest BCUT2D eigenvalue weighted by atomic mass is 19.1. The second-order valence-corrected chi connectivity index (χ2v) is 4.52. The molecule has 4 heteroatoms. The first-order chi connectivity index (χ1) is 8.45. The van der Waals surface area contributed by atoms with Gasteiger partial charge in [0.05, 0.1) is 6.61 Å². The molecule has 3 nitrogen and oxygen atoms in total. The van der Waals surface area contributed by atoms with Crippen molar-refractivity contribution < 1.29 is 13.9 Å². The molecule has 18 heavy (non-hydrogen) atoms. The molecule has 0 aromatic heterocycles. The molecule has 0 bridgehead atoms. The maximum absolute atomic E-state index is 13.3. The molecule has 1 N–H and O–H groups in total. The zero-order valence-electron chi connectivity index (χ0n) is 11.1. The van der Waals surface area contributed by atoms with E-state index in [9.17, 15) is 9.18 Å². The number of para-hydroxylation sites is 1. The molecule has 0 unspecified atom stereocenters. The summed E-state index contributed by atoms with van der Waals surface area (Å²) in [5.41, 5.74) is -0.823. The Morgan fingerprint density at radius 3 is 2.67 bits per heavy atom. The lowest BCUT2D eigenvalue weighted by atomic mass is 10.1. The summed E-state index contributed by atoms with van der Waals surface area (Å²) in [4.78, 5) is 11.3. The van der Waals surface area contributed by atoms with Crippen molar-refractivity contribution in [3.8, 4) is 5.75 Å². The van der Waals surface area contributed by atoms with Gasteiger partial charge >= 0.3 is 0 Å². The normalized spacial score (nSPS) is 11.1. The Kier molecular flexibility index (Phi) is 5.13. The maximum atomic E-state index is 13.3. The van der Waals surface area contributed by atoms with Crippen molar-refractivity contribution in [3.05, 3.63) is 29.8 Å². The molecule has 1 aromatic carbocycles. The minimum absolute atomic E-state index is 0.399. The van der Waals surface area contributed by atoms with Crippen LogP contribution in [0.5, 0.6) is 5.75 Å². The van der Waals surface area contributed by atoms with Gasteiger partial charge in [-0.25, -0.2) is 4.39 Å². The maximum Gasteiger partial charge on any atom is 0.257 e. The molecular formula is C14H20FNO2. The average molecular weight is 253 g/mol. The number of hydrogen-bond acceptors (Lipinski definition) is 2.